The van der Waals surface area contributed by atoms with Crippen LogP contribution in [0.25, 0.3) is 0 Å². The van der Waals surface area contributed by atoms with Gasteiger partial charge in [0.2, 0.25) is 0 Å². The van der Waals surface area contributed by atoms with E-state index in [2.05, 4.69) is 4.90 Å². The molecule has 0 N–H and O–H groups in total. The van der Waals surface area contributed by atoms with Crippen molar-refractivity contribution in [3.63, 3.8) is 0 Å². The minimum Gasteiger partial charge on any atom is -0.444 e. The predicted molar refractivity (Wildman–Crippen MR) is 64.9 cm³/mol. The second-order valence-corrected chi connectivity index (χ2v) is 5.48. The Morgan fingerprint density at radius 3 is 2.53 bits per heavy atom. The third-order valence-electron chi connectivity index (χ3n) is 2.74. The second kappa shape index (κ2) is 5.49. The number of rotatable bonds is 4. The van der Waals surface area contributed by atoms with Gasteiger partial charge >= 0.3 is 6.09 Å². The molecule has 0 bridgehead atoms. The molecule has 1 aliphatic rings. The van der Waals surface area contributed by atoms with Gasteiger partial charge in [0.1, 0.15) is 11.9 Å². The quantitative estimate of drug-likeness (QED) is 0.693. The Bertz CT molecular complexity index is 280. The molecule has 1 fully saturated rings. The van der Waals surface area contributed by atoms with Crippen molar-refractivity contribution < 1.29 is 14.3 Å². The topological polar surface area (TPSA) is 49.9 Å². The standard InChI is InChI=1S/C12H22N2O3/c1-12(2,3)17-11(16)14-8-10(9-14)13(4)6-5-7-15/h7,10H,5-6,8-9H2,1-4H3. The number of carbonyl (C=O) groups excluding carboxylic acids is 2. The third-order valence-corrected chi connectivity index (χ3v) is 2.74. The number of ether oxygens (including phenoxy) is 1. The zero-order chi connectivity index (χ0) is 13.1. The number of aldehydes is 1. The first-order valence-electron chi connectivity index (χ1n) is 5.95. The van der Waals surface area contributed by atoms with E-state index in [4.69, 9.17) is 4.74 Å². The Labute approximate surface area is 103 Å². The van der Waals surface area contributed by atoms with Crippen molar-refractivity contribution in [3.05, 3.63) is 0 Å². The van der Waals surface area contributed by atoms with Crippen molar-refractivity contribution in [2.75, 3.05) is 26.7 Å². The highest BCUT2D eigenvalue weighted by molar-refractivity contribution is 5.69. The van der Waals surface area contributed by atoms with Crippen LogP contribution in [0, 0.1) is 0 Å². The molecular formula is C12H22N2O3. The second-order valence-electron chi connectivity index (χ2n) is 5.48. The maximum atomic E-state index is 11.7. The lowest BCUT2D eigenvalue weighted by molar-refractivity contribution is -0.108. The van der Waals surface area contributed by atoms with Crippen molar-refractivity contribution in [2.45, 2.75) is 38.8 Å². The molecule has 0 unspecified atom stereocenters. The maximum Gasteiger partial charge on any atom is 0.410 e. The number of carbonyl (C=O) groups is 2. The molecule has 1 aliphatic heterocycles. The van der Waals surface area contributed by atoms with Crippen molar-refractivity contribution in [2.24, 2.45) is 0 Å². The molecule has 0 radical (unpaired) electrons. The molecule has 0 atom stereocenters. The minimum absolute atomic E-state index is 0.252. The average Bonchev–Trinajstić information content (AvgIpc) is 2.09. The minimum atomic E-state index is -0.439. The number of nitrogens with zero attached hydrogens (tertiary/aromatic N) is 2. The summed E-state index contributed by atoms with van der Waals surface area (Å²) < 4.78 is 5.26. The normalized spacial score (nSPS) is 16.9. The van der Waals surface area contributed by atoms with Crippen LogP contribution in [0.5, 0.6) is 0 Å². The summed E-state index contributed by atoms with van der Waals surface area (Å²) in [6, 6.07) is 0.350. The number of amides is 1. The fourth-order valence-electron chi connectivity index (χ4n) is 1.65. The largest absolute Gasteiger partial charge is 0.444 e. The summed E-state index contributed by atoms with van der Waals surface area (Å²) in [6.07, 6.45) is 1.21. The fourth-order valence-corrected chi connectivity index (χ4v) is 1.65. The van der Waals surface area contributed by atoms with E-state index in [1.807, 2.05) is 27.8 Å². The number of likely N-dealkylation sites (tertiary alicyclic amines) is 1. The van der Waals surface area contributed by atoms with Gasteiger partial charge in [-0.25, -0.2) is 4.79 Å². The van der Waals surface area contributed by atoms with Crippen LogP contribution in [0.15, 0.2) is 0 Å². The molecule has 0 spiro atoms. The van der Waals surface area contributed by atoms with Gasteiger partial charge in [0, 0.05) is 32.1 Å². The van der Waals surface area contributed by atoms with Crippen LogP contribution in [0.3, 0.4) is 0 Å². The Morgan fingerprint density at radius 1 is 1.47 bits per heavy atom. The van der Waals surface area contributed by atoms with Crippen LogP contribution in [0.1, 0.15) is 27.2 Å². The summed E-state index contributed by atoms with van der Waals surface area (Å²) in [7, 11) is 1.97. The first kappa shape index (κ1) is 14.0. The van der Waals surface area contributed by atoms with E-state index in [-0.39, 0.29) is 6.09 Å². The molecule has 0 aromatic heterocycles. The first-order chi connectivity index (χ1) is 7.83. The van der Waals surface area contributed by atoms with E-state index in [9.17, 15) is 9.59 Å². The molecule has 0 aromatic rings. The molecule has 0 saturated carbocycles. The lowest BCUT2D eigenvalue weighted by Crippen LogP contribution is -2.60. The van der Waals surface area contributed by atoms with Crippen LogP contribution in [0.2, 0.25) is 0 Å². The van der Waals surface area contributed by atoms with Gasteiger partial charge < -0.3 is 14.4 Å². The molecule has 98 valence electrons. The fraction of sp³-hybridized carbons (Fsp3) is 0.833. The molecule has 1 rings (SSSR count). The van der Waals surface area contributed by atoms with Gasteiger partial charge in [0.25, 0.3) is 0 Å². The van der Waals surface area contributed by atoms with Crippen LogP contribution in [-0.2, 0) is 9.53 Å². The monoisotopic (exact) mass is 242 g/mol. The van der Waals surface area contributed by atoms with Crippen molar-refractivity contribution in [1.29, 1.82) is 0 Å². The van der Waals surface area contributed by atoms with Crippen LogP contribution in [-0.4, -0.2) is 60.5 Å². The van der Waals surface area contributed by atoms with Crippen LogP contribution < -0.4 is 0 Å². The number of hydrogen-bond acceptors (Lipinski definition) is 4. The number of likely N-dealkylation sites (N-methyl/N-ethyl adjacent to an activating group) is 1. The third kappa shape index (κ3) is 4.34. The Hall–Kier alpha value is -1.10. The smallest absolute Gasteiger partial charge is 0.410 e. The van der Waals surface area contributed by atoms with E-state index < -0.39 is 5.60 Å². The molecule has 0 aromatic carbocycles. The van der Waals surface area contributed by atoms with Gasteiger partial charge in [0.15, 0.2) is 0 Å². The lowest BCUT2D eigenvalue weighted by atomic mass is 10.1. The van der Waals surface area contributed by atoms with E-state index in [1.165, 1.54) is 0 Å². The SMILES string of the molecule is CN(CCC=O)C1CN(C(=O)OC(C)(C)C)C1. The summed E-state index contributed by atoms with van der Waals surface area (Å²) in [5.74, 6) is 0. The average molecular weight is 242 g/mol. The van der Waals surface area contributed by atoms with Gasteiger partial charge in [-0.2, -0.15) is 0 Å². The zero-order valence-electron chi connectivity index (χ0n) is 11.1. The predicted octanol–water partition coefficient (Wildman–Crippen LogP) is 1.13. The summed E-state index contributed by atoms with van der Waals surface area (Å²) in [4.78, 5) is 25.7. The van der Waals surface area contributed by atoms with Crippen molar-refractivity contribution in [3.8, 4) is 0 Å². The van der Waals surface area contributed by atoms with Gasteiger partial charge in [-0.05, 0) is 27.8 Å². The lowest BCUT2D eigenvalue weighted by Gasteiger charge is -2.43. The van der Waals surface area contributed by atoms with Crippen molar-refractivity contribution in [1.82, 2.24) is 9.80 Å². The highest BCUT2D eigenvalue weighted by Gasteiger charge is 2.35. The molecule has 17 heavy (non-hydrogen) atoms. The summed E-state index contributed by atoms with van der Waals surface area (Å²) in [5.41, 5.74) is -0.439. The molecule has 5 heteroatoms. The summed E-state index contributed by atoms with van der Waals surface area (Å²) in [6.45, 7) is 7.69. The van der Waals surface area contributed by atoms with Gasteiger partial charge in [-0.15, -0.1) is 0 Å². The molecule has 5 nitrogen and oxygen atoms in total. The van der Waals surface area contributed by atoms with E-state index in [0.29, 0.717) is 25.6 Å². The van der Waals surface area contributed by atoms with Gasteiger partial charge in [-0.3, -0.25) is 4.90 Å². The zero-order valence-corrected chi connectivity index (χ0v) is 11.1. The summed E-state index contributed by atoms with van der Waals surface area (Å²) in [5, 5.41) is 0. The molecule has 0 aliphatic carbocycles. The van der Waals surface area contributed by atoms with E-state index in [1.54, 1.807) is 4.90 Å². The molecule has 1 heterocycles. The van der Waals surface area contributed by atoms with E-state index in [0.717, 1.165) is 12.8 Å². The Balaban J connectivity index is 2.26. The van der Waals surface area contributed by atoms with E-state index >= 15 is 0 Å². The summed E-state index contributed by atoms with van der Waals surface area (Å²) >= 11 is 0. The maximum absolute atomic E-state index is 11.7. The van der Waals surface area contributed by atoms with Gasteiger partial charge in [-0.1, -0.05) is 0 Å². The van der Waals surface area contributed by atoms with Gasteiger partial charge in [0.05, 0.1) is 0 Å². The molecule has 1 saturated heterocycles. The highest BCUT2D eigenvalue weighted by atomic mass is 16.6. The molecular weight excluding hydrogens is 220 g/mol. The Kier molecular flexibility index (Phi) is 4.51. The van der Waals surface area contributed by atoms with Crippen LogP contribution >= 0.6 is 0 Å². The van der Waals surface area contributed by atoms with Crippen molar-refractivity contribution >= 4 is 12.4 Å². The van der Waals surface area contributed by atoms with Crippen LogP contribution in [0.4, 0.5) is 4.79 Å². The first-order valence-corrected chi connectivity index (χ1v) is 5.95. The number of hydrogen-bond donors (Lipinski definition) is 0. The molecule has 1 amide bonds. The Morgan fingerprint density at radius 2 is 2.06 bits per heavy atom. The highest BCUT2D eigenvalue weighted by Crippen LogP contribution is 2.18.